The van der Waals surface area contributed by atoms with Crippen LogP contribution in [0.15, 0.2) is 53.4 Å². The number of hydrogen-bond donors (Lipinski definition) is 2. The second kappa shape index (κ2) is 9.24. The molecule has 0 bridgehead atoms. The van der Waals surface area contributed by atoms with Gasteiger partial charge in [0.25, 0.3) is 0 Å². The highest BCUT2D eigenvalue weighted by atomic mass is 32.2. The average Bonchev–Trinajstić information content (AvgIpc) is 2.68. The maximum absolute atomic E-state index is 12.4. The Balaban J connectivity index is 1.55. The van der Waals surface area contributed by atoms with Gasteiger partial charge >= 0.3 is 0 Å². The minimum absolute atomic E-state index is 0.0195. The summed E-state index contributed by atoms with van der Waals surface area (Å²) in [6.45, 7) is 0. The molecule has 0 fully saturated rings. The van der Waals surface area contributed by atoms with Crippen molar-refractivity contribution in [2.24, 2.45) is 5.92 Å². The molecule has 0 saturated carbocycles. The summed E-state index contributed by atoms with van der Waals surface area (Å²) in [5.74, 6) is 0.375. The van der Waals surface area contributed by atoms with E-state index in [1.54, 1.807) is 11.8 Å². The summed E-state index contributed by atoms with van der Waals surface area (Å²) in [5.41, 5.74) is 2.73. The average molecular weight is 379 g/mol. The zero-order valence-electron chi connectivity index (χ0n) is 14.9. The number of hydrogen-bond acceptors (Lipinski definition) is 4. The van der Waals surface area contributed by atoms with Gasteiger partial charge in [-0.25, -0.2) is 0 Å². The molecule has 5 nitrogen and oxygen atoms in total. The number of thioether (sulfide) groups is 1. The fourth-order valence-electron chi connectivity index (χ4n) is 3.07. The molecule has 0 radical (unpaired) electrons. The van der Waals surface area contributed by atoms with E-state index < -0.39 is 0 Å². The standard InChI is InChI=1S/C21H21N3O2S/c22-12-5-13-27-19-9-4-3-8-18(19)23-20(25)11-10-16-14-15-6-1-2-7-17(15)24-21(16)26/h1-4,6-9,16H,5,10-11,13-14H2,(H,23,25)(H,24,26). The highest BCUT2D eigenvalue weighted by molar-refractivity contribution is 7.99. The van der Waals surface area contributed by atoms with Crippen molar-refractivity contribution in [1.29, 1.82) is 5.26 Å². The number of nitrogens with zero attached hydrogens (tertiary/aromatic N) is 1. The molecule has 1 aliphatic heterocycles. The summed E-state index contributed by atoms with van der Waals surface area (Å²) in [7, 11) is 0. The molecule has 0 aliphatic carbocycles. The summed E-state index contributed by atoms with van der Waals surface area (Å²) >= 11 is 1.55. The van der Waals surface area contributed by atoms with Crippen LogP contribution in [0.1, 0.15) is 24.8 Å². The molecule has 0 aromatic heterocycles. The number of para-hydroxylation sites is 2. The highest BCUT2D eigenvalue weighted by Gasteiger charge is 2.26. The molecule has 2 amide bonds. The molecule has 6 heteroatoms. The Labute approximate surface area is 163 Å². The van der Waals surface area contributed by atoms with Crippen LogP contribution in [-0.2, 0) is 16.0 Å². The van der Waals surface area contributed by atoms with Gasteiger partial charge in [0.1, 0.15) is 0 Å². The lowest BCUT2D eigenvalue weighted by molar-refractivity contribution is -0.121. The van der Waals surface area contributed by atoms with Gasteiger partial charge in [-0.2, -0.15) is 5.26 Å². The van der Waals surface area contributed by atoms with Crippen LogP contribution in [0.3, 0.4) is 0 Å². The molecule has 2 aromatic rings. The van der Waals surface area contributed by atoms with Crippen molar-refractivity contribution in [2.45, 2.75) is 30.6 Å². The van der Waals surface area contributed by atoms with E-state index in [2.05, 4.69) is 16.7 Å². The van der Waals surface area contributed by atoms with Gasteiger partial charge in [0, 0.05) is 35.1 Å². The maximum Gasteiger partial charge on any atom is 0.227 e. The third-order valence-electron chi connectivity index (χ3n) is 4.46. The molecule has 3 rings (SSSR count). The quantitative estimate of drug-likeness (QED) is 0.557. The van der Waals surface area contributed by atoms with Crippen molar-refractivity contribution in [2.75, 3.05) is 16.4 Å². The number of rotatable bonds is 7. The predicted molar refractivity (Wildman–Crippen MR) is 108 cm³/mol. The molecule has 0 saturated heterocycles. The second-order valence-electron chi connectivity index (χ2n) is 6.39. The summed E-state index contributed by atoms with van der Waals surface area (Å²) in [6.07, 6.45) is 1.92. The van der Waals surface area contributed by atoms with Crippen LogP contribution >= 0.6 is 11.8 Å². The molecule has 1 aliphatic rings. The van der Waals surface area contributed by atoms with Gasteiger partial charge in [0.05, 0.1) is 11.8 Å². The van der Waals surface area contributed by atoms with E-state index in [0.29, 0.717) is 25.0 Å². The van der Waals surface area contributed by atoms with Crippen LogP contribution in [0.5, 0.6) is 0 Å². The fourth-order valence-corrected chi connectivity index (χ4v) is 3.93. The Morgan fingerprint density at radius 3 is 2.85 bits per heavy atom. The Morgan fingerprint density at radius 2 is 2.00 bits per heavy atom. The Morgan fingerprint density at radius 1 is 1.22 bits per heavy atom. The number of benzene rings is 2. The molecule has 2 N–H and O–H groups in total. The number of amides is 2. The third kappa shape index (κ3) is 5.11. The second-order valence-corrected chi connectivity index (χ2v) is 7.52. The minimum Gasteiger partial charge on any atom is -0.326 e. The van der Waals surface area contributed by atoms with Crippen molar-refractivity contribution in [3.05, 3.63) is 54.1 Å². The lowest BCUT2D eigenvalue weighted by Gasteiger charge is -2.24. The smallest absolute Gasteiger partial charge is 0.227 e. The molecular formula is C21H21N3O2S. The molecule has 1 atom stereocenters. The Bertz CT molecular complexity index is 876. The first kappa shape index (κ1) is 19.0. The number of fused-ring (bicyclic) bond motifs is 1. The van der Waals surface area contributed by atoms with Crippen LogP contribution < -0.4 is 10.6 Å². The first-order chi connectivity index (χ1) is 13.2. The van der Waals surface area contributed by atoms with Gasteiger partial charge in [0.2, 0.25) is 11.8 Å². The largest absolute Gasteiger partial charge is 0.326 e. The van der Waals surface area contributed by atoms with Crippen molar-refractivity contribution < 1.29 is 9.59 Å². The summed E-state index contributed by atoms with van der Waals surface area (Å²) in [6, 6.07) is 17.5. The van der Waals surface area contributed by atoms with Gasteiger partial charge in [-0.3, -0.25) is 9.59 Å². The van der Waals surface area contributed by atoms with Gasteiger partial charge in [-0.05, 0) is 36.6 Å². The zero-order valence-corrected chi connectivity index (χ0v) is 15.7. The molecular weight excluding hydrogens is 358 g/mol. The van der Waals surface area contributed by atoms with Gasteiger partial charge in [-0.15, -0.1) is 11.8 Å². The predicted octanol–water partition coefficient (Wildman–Crippen LogP) is 4.22. The summed E-state index contributed by atoms with van der Waals surface area (Å²) in [5, 5.41) is 14.5. The van der Waals surface area contributed by atoms with E-state index in [1.807, 2.05) is 48.5 Å². The van der Waals surface area contributed by atoms with Gasteiger partial charge in [-0.1, -0.05) is 30.3 Å². The van der Waals surface area contributed by atoms with Gasteiger partial charge in [0.15, 0.2) is 0 Å². The summed E-state index contributed by atoms with van der Waals surface area (Å²) < 4.78 is 0. The van der Waals surface area contributed by atoms with E-state index in [0.717, 1.165) is 21.8 Å². The Kier molecular flexibility index (Phi) is 6.50. The SMILES string of the molecule is N#CCCSc1ccccc1NC(=O)CCC1Cc2ccccc2NC1=O. The number of anilines is 2. The number of nitriles is 1. The monoisotopic (exact) mass is 379 g/mol. The first-order valence-corrected chi connectivity index (χ1v) is 9.93. The maximum atomic E-state index is 12.4. The Hall–Kier alpha value is -2.78. The third-order valence-corrected chi connectivity index (χ3v) is 5.54. The minimum atomic E-state index is -0.189. The van der Waals surface area contributed by atoms with Crippen molar-refractivity contribution in [3.63, 3.8) is 0 Å². The molecule has 27 heavy (non-hydrogen) atoms. The zero-order chi connectivity index (χ0) is 19.1. The van der Waals surface area contributed by atoms with Crippen molar-refractivity contribution in [3.8, 4) is 6.07 Å². The number of carbonyl (C=O) groups excluding carboxylic acids is 2. The van der Waals surface area contributed by atoms with Crippen molar-refractivity contribution in [1.82, 2.24) is 0 Å². The molecule has 2 aromatic carbocycles. The molecule has 138 valence electrons. The van der Waals surface area contributed by atoms with E-state index in [9.17, 15) is 9.59 Å². The summed E-state index contributed by atoms with van der Waals surface area (Å²) in [4.78, 5) is 25.6. The van der Waals surface area contributed by atoms with E-state index in [-0.39, 0.29) is 24.2 Å². The molecule has 1 heterocycles. The lowest BCUT2D eigenvalue weighted by atomic mass is 9.89. The van der Waals surface area contributed by atoms with E-state index >= 15 is 0 Å². The van der Waals surface area contributed by atoms with Crippen molar-refractivity contribution >= 4 is 35.0 Å². The van der Waals surface area contributed by atoms with Crippen LogP contribution in [0.2, 0.25) is 0 Å². The number of carbonyl (C=O) groups is 2. The van der Waals surface area contributed by atoms with Crippen LogP contribution in [-0.4, -0.2) is 17.6 Å². The first-order valence-electron chi connectivity index (χ1n) is 8.95. The fraction of sp³-hybridized carbons (Fsp3) is 0.286. The normalized spacial score (nSPS) is 15.4. The molecule has 0 spiro atoms. The topological polar surface area (TPSA) is 82.0 Å². The van der Waals surface area contributed by atoms with Crippen LogP contribution in [0.25, 0.3) is 0 Å². The van der Waals surface area contributed by atoms with Crippen LogP contribution in [0, 0.1) is 17.2 Å². The van der Waals surface area contributed by atoms with E-state index in [4.69, 9.17) is 5.26 Å². The van der Waals surface area contributed by atoms with E-state index in [1.165, 1.54) is 0 Å². The molecule has 1 unspecified atom stereocenters. The number of nitrogens with one attached hydrogen (secondary N) is 2. The lowest BCUT2D eigenvalue weighted by Crippen LogP contribution is -2.30. The highest BCUT2D eigenvalue weighted by Crippen LogP contribution is 2.29. The van der Waals surface area contributed by atoms with Crippen LogP contribution in [0.4, 0.5) is 11.4 Å². The van der Waals surface area contributed by atoms with Gasteiger partial charge < -0.3 is 10.6 Å².